The Labute approximate surface area is 144 Å². The highest BCUT2D eigenvalue weighted by Crippen LogP contribution is 2.26. The predicted octanol–water partition coefficient (Wildman–Crippen LogP) is 5.55. The van der Waals surface area contributed by atoms with Crippen LogP contribution < -0.4 is 0 Å². The highest BCUT2D eigenvalue weighted by Gasteiger charge is 2.18. The van der Waals surface area contributed by atoms with Crippen LogP contribution in [0.2, 0.25) is 0 Å². The maximum absolute atomic E-state index is 12.6. The van der Waals surface area contributed by atoms with Gasteiger partial charge in [0.1, 0.15) is 5.58 Å². The molecule has 0 radical (unpaired) electrons. The van der Waals surface area contributed by atoms with Crippen LogP contribution in [0.5, 0.6) is 0 Å². The van der Waals surface area contributed by atoms with Crippen LogP contribution in [0.15, 0.2) is 68.9 Å². The number of ketones is 1. The molecule has 0 N–H and O–H groups in total. The third-order valence-corrected chi connectivity index (χ3v) is 4.86. The normalized spacial score (nSPS) is 11.0. The molecule has 2 heterocycles. The first-order valence-electron chi connectivity index (χ1n) is 6.95. The predicted molar refractivity (Wildman–Crippen MR) is 94.9 cm³/mol. The van der Waals surface area contributed by atoms with Gasteiger partial charge < -0.3 is 4.42 Å². The summed E-state index contributed by atoms with van der Waals surface area (Å²) in [5, 5.41) is 3.24. The molecule has 3 nitrogen and oxygen atoms in total. The minimum absolute atomic E-state index is 0.186. The summed E-state index contributed by atoms with van der Waals surface area (Å²) >= 11 is 4.74. The summed E-state index contributed by atoms with van der Waals surface area (Å²) in [6.45, 7) is 0. The Morgan fingerprint density at radius 2 is 1.87 bits per heavy atom. The number of carbonyl (C=O) groups is 1. The van der Waals surface area contributed by atoms with Crippen molar-refractivity contribution < 1.29 is 9.21 Å². The highest BCUT2D eigenvalue weighted by atomic mass is 79.9. The molecule has 2 aromatic carbocycles. The fourth-order valence-electron chi connectivity index (χ4n) is 2.33. The molecule has 0 aliphatic carbocycles. The van der Waals surface area contributed by atoms with E-state index in [0.29, 0.717) is 16.4 Å². The number of carbonyl (C=O) groups excluding carboxylic acids is 1. The minimum atomic E-state index is -0.186. The molecule has 5 heteroatoms. The third-order valence-electron chi connectivity index (χ3n) is 3.49. The van der Waals surface area contributed by atoms with Gasteiger partial charge in [-0.25, -0.2) is 4.98 Å². The Hall–Kier alpha value is -2.24. The number of para-hydroxylation sites is 1. The van der Waals surface area contributed by atoms with E-state index < -0.39 is 0 Å². The van der Waals surface area contributed by atoms with E-state index in [4.69, 9.17) is 4.42 Å². The molecule has 0 aliphatic rings. The fraction of sp³-hybridized carbons (Fsp3) is 0. The number of benzene rings is 2. The molecule has 0 bridgehead atoms. The standard InChI is InChI=1S/C18H10BrNO2S/c19-13-7-5-11(6-8-13)14-10-23-18(20-14)17(21)16-9-12-3-1-2-4-15(12)22-16/h1-10H. The van der Waals surface area contributed by atoms with Gasteiger partial charge in [0.2, 0.25) is 0 Å². The van der Waals surface area contributed by atoms with Crippen molar-refractivity contribution in [2.45, 2.75) is 0 Å². The number of fused-ring (bicyclic) bond motifs is 1. The molecule has 4 aromatic rings. The molecule has 0 saturated carbocycles. The Morgan fingerprint density at radius 1 is 1.09 bits per heavy atom. The van der Waals surface area contributed by atoms with Crippen molar-refractivity contribution in [1.82, 2.24) is 4.98 Å². The summed E-state index contributed by atoms with van der Waals surface area (Å²) in [5.74, 6) is 0.137. The van der Waals surface area contributed by atoms with Crippen LogP contribution in [0, 0.1) is 0 Å². The van der Waals surface area contributed by atoms with Gasteiger partial charge in [0, 0.05) is 20.8 Å². The zero-order chi connectivity index (χ0) is 15.8. The van der Waals surface area contributed by atoms with Crippen LogP contribution in [0.25, 0.3) is 22.2 Å². The Balaban J connectivity index is 1.68. The van der Waals surface area contributed by atoms with Crippen molar-refractivity contribution in [3.63, 3.8) is 0 Å². The average molecular weight is 384 g/mol. The van der Waals surface area contributed by atoms with Crippen molar-refractivity contribution >= 4 is 44.0 Å². The first kappa shape index (κ1) is 14.4. The third kappa shape index (κ3) is 2.73. The van der Waals surface area contributed by atoms with Crippen molar-refractivity contribution in [2.75, 3.05) is 0 Å². The topological polar surface area (TPSA) is 43.1 Å². The minimum Gasteiger partial charge on any atom is -0.452 e. The van der Waals surface area contributed by atoms with Crippen LogP contribution in [-0.2, 0) is 0 Å². The lowest BCUT2D eigenvalue weighted by atomic mass is 10.2. The Morgan fingerprint density at radius 3 is 2.65 bits per heavy atom. The van der Waals surface area contributed by atoms with E-state index in [9.17, 15) is 4.79 Å². The SMILES string of the molecule is O=C(c1cc2ccccc2o1)c1nc(-c2ccc(Br)cc2)cs1. The first-order valence-corrected chi connectivity index (χ1v) is 8.63. The number of nitrogens with zero attached hydrogens (tertiary/aromatic N) is 1. The Kier molecular flexibility index (Phi) is 3.59. The Bertz CT molecular complexity index is 968. The summed E-state index contributed by atoms with van der Waals surface area (Å²) in [7, 11) is 0. The smallest absolute Gasteiger partial charge is 0.256 e. The number of halogens is 1. The summed E-state index contributed by atoms with van der Waals surface area (Å²) in [6, 6.07) is 17.2. The van der Waals surface area contributed by atoms with Gasteiger partial charge in [-0.3, -0.25) is 4.79 Å². The monoisotopic (exact) mass is 383 g/mol. The summed E-state index contributed by atoms with van der Waals surface area (Å²) in [6.07, 6.45) is 0. The van der Waals surface area contributed by atoms with Crippen molar-refractivity contribution in [2.24, 2.45) is 0 Å². The lowest BCUT2D eigenvalue weighted by Crippen LogP contribution is -1.98. The number of thiazole rings is 1. The van der Waals surface area contributed by atoms with Crippen LogP contribution in [-0.4, -0.2) is 10.8 Å². The van der Waals surface area contributed by atoms with Gasteiger partial charge in [-0.15, -0.1) is 11.3 Å². The number of furan rings is 1. The summed E-state index contributed by atoms with van der Waals surface area (Å²) < 4.78 is 6.64. The van der Waals surface area contributed by atoms with Crippen LogP contribution in [0.1, 0.15) is 15.6 Å². The first-order chi connectivity index (χ1) is 11.2. The van der Waals surface area contributed by atoms with E-state index in [-0.39, 0.29) is 5.78 Å². The number of hydrogen-bond donors (Lipinski definition) is 0. The second-order valence-corrected chi connectivity index (χ2v) is 6.80. The van der Waals surface area contributed by atoms with Gasteiger partial charge in [-0.1, -0.05) is 46.3 Å². The molecule has 0 fully saturated rings. The lowest BCUT2D eigenvalue weighted by molar-refractivity contribution is 0.101. The van der Waals surface area contributed by atoms with E-state index in [1.54, 1.807) is 6.07 Å². The van der Waals surface area contributed by atoms with Crippen LogP contribution >= 0.6 is 27.3 Å². The van der Waals surface area contributed by atoms with Gasteiger partial charge in [-0.05, 0) is 24.3 Å². The number of aromatic nitrogens is 1. The molecular formula is C18H10BrNO2S. The molecular weight excluding hydrogens is 374 g/mol. The molecule has 0 spiro atoms. The zero-order valence-electron chi connectivity index (χ0n) is 11.8. The van der Waals surface area contributed by atoms with Crippen molar-refractivity contribution in [3.05, 3.63) is 75.2 Å². The molecule has 0 atom stereocenters. The van der Waals surface area contributed by atoms with Crippen molar-refractivity contribution in [3.8, 4) is 11.3 Å². The number of hydrogen-bond acceptors (Lipinski definition) is 4. The quantitative estimate of drug-likeness (QED) is 0.435. The maximum atomic E-state index is 12.6. The molecule has 0 unspecified atom stereocenters. The van der Waals surface area contributed by atoms with Crippen LogP contribution in [0.4, 0.5) is 0 Å². The molecule has 0 amide bonds. The van der Waals surface area contributed by atoms with E-state index in [2.05, 4.69) is 20.9 Å². The van der Waals surface area contributed by atoms with Gasteiger partial charge in [-0.2, -0.15) is 0 Å². The second kappa shape index (κ2) is 5.76. The fourth-order valence-corrected chi connectivity index (χ4v) is 3.37. The average Bonchev–Trinajstić information content (AvgIpc) is 3.22. The van der Waals surface area contributed by atoms with Crippen molar-refractivity contribution in [1.29, 1.82) is 0 Å². The highest BCUT2D eigenvalue weighted by molar-refractivity contribution is 9.10. The zero-order valence-corrected chi connectivity index (χ0v) is 14.2. The van der Waals surface area contributed by atoms with Gasteiger partial charge in [0.15, 0.2) is 10.8 Å². The molecule has 0 aliphatic heterocycles. The van der Waals surface area contributed by atoms with Gasteiger partial charge in [0.05, 0.1) is 5.69 Å². The number of rotatable bonds is 3. The molecule has 23 heavy (non-hydrogen) atoms. The largest absolute Gasteiger partial charge is 0.452 e. The molecule has 0 saturated heterocycles. The molecule has 2 aromatic heterocycles. The summed E-state index contributed by atoms with van der Waals surface area (Å²) in [4.78, 5) is 17.0. The maximum Gasteiger partial charge on any atom is 0.256 e. The second-order valence-electron chi connectivity index (χ2n) is 5.02. The van der Waals surface area contributed by atoms with E-state index in [0.717, 1.165) is 21.1 Å². The van der Waals surface area contributed by atoms with Gasteiger partial charge >= 0.3 is 0 Å². The lowest BCUT2D eigenvalue weighted by Gasteiger charge is -1.96. The van der Waals surface area contributed by atoms with E-state index in [1.165, 1.54) is 11.3 Å². The van der Waals surface area contributed by atoms with Gasteiger partial charge in [0.25, 0.3) is 5.78 Å². The molecule has 112 valence electrons. The van der Waals surface area contributed by atoms with E-state index in [1.807, 2.05) is 53.9 Å². The molecule has 4 rings (SSSR count). The van der Waals surface area contributed by atoms with Crippen LogP contribution in [0.3, 0.4) is 0 Å². The summed E-state index contributed by atoms with van der Waals surface area (Å²) in [5.41, 5.74) is 2.48. The van der Waals surface area contributed by atoms with E-state index >= 15 is 0 Å².